The number of dihydropyridines is 1. The lowest BCUT2D eigenvalue weighted by Crippen LogP contribution is -2.29. The number of Topliss-reactive ketones (excluding diaryl/α,β-unsaturated/α-hetero) is 1. The van der Waals surface area contributed by atoms with Gasteiger partial charge in [-0.2, -0.15) is 0 Å². The predicted molar refractivity (Wildman–Crippen MR) is 101 cm³/mol. The molecule has 1 N–H and O–H groups in total. The number of ether oxygens (including phenoxy) is 1. The minimum Gasteiger partial charge on any atom is -0.466 e. The summed E-state index contributed by atoms with van der Waals surface area (Å²) in [5, 5.41) is 14.8. The molecule has 1 aliphatic carbocycles. The van der Waals surface area contributed by atoms with Crippen molar-refractivity contribution in [1.29, 1.82) is 0 Å². The second-order valence-corrected chi connectivity index (χ2v) is 6.57. The molecule has 1 aliphatic heterocycles. The Kier molecular flexibility index (Phi) is 4.07. The summed E-state index contributed by atoms with van der Waals surface area (Å²) < 4.78 is 4.93. The third kappa shape index (κ3) is 2.44. The summed E-state index contributed by atoms with van der Waals surface area (Å²) in [6.07, 6.45) is 0. The van der Waals surface area contributed by atoms with Crippen molar-refractivity contribution in [2.45, 2.75) is 12.8 Å². The molecule has 2 aromatic rings. The summed E-state index contributed by atoms with van der Waals surface area (Å²) in [7, 11) is 1.24. The fraction of sp³-hybridized carbons (Fsp3) is 0.143. The van der Waals surface area contributed by atoms with Crippen molar-refractivity contribution in [3.8, 4) is 0 Å². The molecule has 0 fully saturated rings. The molecule has 2 aromatic carbocycles. The zero-order chi connectivity index (χ0) is 20.0. The Morgan fingerprint density at radius 1 is 1.11 bits per heavy atom. The number of hydrogen-bond donors (Lipinski definition) is 1. The standard InChI is InChI=1S/C21H16N2O5/c1-11-16(21(25)28-2)17(14-9-5-6-10-15(14)23(26)27)18-19(22-11)12-7-3-4-8-13(12)20(18)24/h3-10,17,22H,1-2H3/t17-/m1/s1. The zero-order valence-corrected chi connectivity index (χ0v) is 15.2. The van der Waals surface area contributed by atoms with Crippen LogP contribution in [0.4, 0.5) is 5.69 Å². The van der Waals surface area contributed by atoms with Gasteiger partial charge in [0.15, 0.2) is 5.78 Å². The molecule has 0 spiro atoms. The van der Waals surface area contributed by atoms with Gasteiger partial charge in [0.1, 0.15) is 0 Å². The zero-order valence-electron chi connectivity index (χ0n) is 15.2. The van der Waals surface area contributed by atoms with Crippen LogP contribution in [0.3, 0.4) is 0 Å². The molecule has 2 aliphatic rings. The average Bonchev–Trinajstić information content (AvgIpc) is 2.98. The van der Waals surface area contributed by atoms with Gasteiger partial charge in [-0.25, -0.2) is 4.79 Å². The smallest absolute Gasteiger partial charge is 0.336 e. The number of methoxy groups -OCH3 is 1. The maximum atomic E-state index is 13.2. The normalized spacial score (nSPS) is 17.8. The van der Waals surface area contributed by atoms with E-state index in [2.05, 4.69) is 5.32 Å². The molecule has 0 unspecified atom stereocenters. The van der Waals surface area contributed by atoms with Crippen molar-refractivity contribution in [1.82, 2.24) is 5.32 Å². The van der Waals surface area contributed by atoms with E-state index < -0.39 is 16.8 Å². The molecule has 28 heavy (non-hydrogen) atoms. The Balaban J connectivity index is 2.02. The highest BCUT2D eigenvalue weighted by atomic mass is 16.6. The molecule has 4 rings (SSSR count). The summed E-state index contributed by atoms with van der Waals surface area (Å²) in [6, 6.07) is 13.3. The minimum absolute atomic E-state index is 0.154. The van der Waals surface area contributed by atoms with E-state index in [1.54, 1.807) is 37.3 Å². The van der Waals surface area contributed by atoms with E-state index in [1.807, 2.05) is 12.1 Å². The molecule has 1 atom stereocenters. The number of hydrogen-bond acceptors (Lipinski definition) is 6. The van der Waals surface area contributed by atoms with Gasteiger partial charge in [0.25, 0.3) is 5.69 Å². The number of nitro groups is 1. The van der Waals surface area contributed by atoms with Gasteiger partial charge in [0.2, 0.25) is 0 Å². The van der Waals surface area contributed by atoms with E-state index in [0.717, 1.165) is 0 Å². The van der Waals surface area contributed by atoms with Crippen LogP contribution in [-0.2, 0) is 9.53 Å². The number of nitro benzene ring substituents is 1. The van der Waals surface area contributed by atoms with Crippen molar-refractivity contribution in [2.75, 3.05) is 7.11 Å². The summed E-state index contributed by atoms with van der Waals surface area (Å²) in [4.78, 5) is 36.9. The number of carbonyl (C=O) groups is 2. The molecule has 0 saturated carbocycles. The highest BCUT2D eigenvalue weighted by Gasteiger charge is 2.44. The molecule has 0 amide bonds. The number of ketones is 1. The monoisotopic (exact) mass is 376 g/mol. The maximum absolute atomic E-state index is 13.2. The van der Waals surface area contributed by atoms with Crippen LogP contribution in [-0.4, -0.2) is 23.8 Å². The van der Waals surface area contributed by atoms with E-state index in [4.69, 9.17) is 4.74 Å². The lowest BCUT2D eigenvalue weighted by molar-refractivity contribution is -0.385. The summed E-state index contributed by atoms with van der Waals surface area (Å²) >= 11 is 0. The number of allylic oxidation sites excluding steroid dienone is 2. The number of nitrogens with one attached hydrogen (secondary N) is 1. The Bertz CT molecular complexity index is 1110. The van der Waals surface area contributed by atoms with Crippen molar-refractivity contribution in [2.24, 2.45) is 0 Å². The van der Waals surface area contributed by atoms with Gasteiger partial charge in [0, 0.05) is 34.0 Å². The van der Waals surface area contributed by atoms with E-state index in [1.165, 1.54) is 13.2 Å². The molecular formula is C21H16N2O5. The van der Waals surface area contributed by atoms with Gasteiger partial charge in [-0.1, -0.05) is 42.5 Å². The lowest BCUT2D eigenvalue weighted by Gasteiger charge is -2.28. The quantitative estimate of drug-likeness (QED) is 0.501. The van der Waals surface area contributed by atoms with Crippen molar-refractivity contribution in [3.05, 3.63) is 92.2 Å². The number of carbonyl (C=O) groups excluding carboxylic acids is 2. The van der Waals surface area contributed by atoms with Crippen LogP contribution in [0.15, 0.2) is 65.4 Å². The SMILES string of the molecule is COC(=O)C1=C(C)NC2=C(C(=O)c3ccccc32)[C@@H]1c1ccccc1[N+](=O)[O-]. The van der Waals surface area contributed by atoms with E-state index in [0.29, 0.717) is 28.1 Å². The summed E-state index contributed by atoms with van der Waals surface area (Å²) in [5.41, 5.74) is 2.93. The average molecular weight is 376 g/mol. The predicted octanol–water partition coefficient (Wildman–Crippen LogP) is 3.34. The first-order valence-electron chi connectivity index (χ1n) is 8.63. The van der Waals surface area contributed by atoms with Crippen LogP contribution in [0, 0.1) is 10.1 Å². The van der Waals surface area contributed by atoms with Gasteiger partial charge in [-0.15, -0.1) is 0 Å². The molecule has 140 valence electrons. The largest absolute Gasteiger partial charge is 0.466 e. The molecule has 0 radical (unpaired) electrons. The second-order valence-electron chi connectivity index (χ2n) is 6.57. The number of rotatable bonds is 3. The first-order chi connectivity index (χ1) is 13.5. The van der Waals surface area contributed by atoms with E-state index >= 15 is 0 Å². The van der Waals surface area contributed by atoms with Crippen LogP contribution in [0.2, 0.25) is 0 Å². The van der Waals surface area contributed by atoms with Crippen LogP contribution >= 0.6 is 0 Å². The fourth-order valence-electron chi connectivity index (χ4n) is 3.92. The number of nitrogens with zero attached hydrogens (tertiary/aromatic N) is 1. The first-order valence-corrected chi connectivity index (χ1v) is 8.63. The fourth-order valence-corrected chi connectivity index (χ4v) is 3.92. The third-order valence-electron chi connectivity index (χ3n) is 5.10. The van der Waals surface area contributed by atoms with Crippen LogP contribution in [0.1, 0.15) is 34.3 Å². The van der Waals surface area contributed by atoms with Gasteiger partial charge in [-0.3, -0.25) is 14.9 Å². The minimum atomic E-state index is -0.898. The summed E-state index contributed by atoms with van der Waals surface area (Å²) in [6.45, 7) is 1.70. The Morgan fingerprint density at radius 2 is 1.75 bits per heavy atom. The van der Waals surface area contributed by atoms with Gasteiger partial charge in [0.05, 0.1) is 29.2 Å². The van der Waals surface area contributed by atoms with Gasteiger partial charge in [-0.05, 0) is 6.92 Å². The van der Waals surface area contributed by atoms with Crippen molar-refractivity contribution in [3.63, 3.8) is 0 Å². The Morgan fingerprint density at radius 3 is 2.43 bits per heavy atom. The number of benzene rings is 2. The second kappa shape index (κ2) is 6.45. The number of esters is 1. The third-order valence-corrected chi connectivity index (χ3v) is 5.10. The van der Waals surface area contributed by atoms with Crippen LogP contribution in [0.25, 0.3) is 5.70 Å². The molecule has 1 heterocycles. The highest BCUT2D eigenvalue weighted by molar-refractivity contribution is 6.23. The molecule has 7 heteroatoms. The number of fused-ring (bicyclic) bond motifs is 2. The van der Waals surface area contributed by atoms with Crippen molar-refractivity contribution < 1.29 is 19.2 Å². The molecule has 7 nitrogen and oxygen atoms in total. The molecule has 0 saturated heterocycles. The van der Waals surface area contributed by atoms with Crippen molar-refractivity contribution >= 4 is 23.1 Å². The van der Waals surface area contributed by atoms with E-state index in [9.17, 15) is 19.7 Å². The Labute approximate surface area is 160 Å². The summed E-state index contributed by atoms with van der Waals surface area (Å²) in [5.74, 6) is -1.79. The lowest BCUT2D eigenvalue weighted by atomic mass is 9.79. The molecular weight excluding hydrogens is 360 g/mol. The molecule has 0 aromatic heterocycles. The van der Waals surface area contributed by atoms with Crippen LogP contribution in [0.5, 0.6) is 0 Å². The number of para-hydroxylation sites is 1. The topological polar surface area (TPSA) is 98.5 Å². The molecule has 0 bridgehead atoms. The maximum Gasteiger partial charge on any atom is 0.336 e. The highest BCUT2D eigenvalue weighted by Crippen LogP contribution is 2.48. The van der Waals surface area contributed by atoms with Gasteiger partial charge >= 0.3 is 5.97 Å². The van der Waals surface area contributed by atoms with Gasteiger partial charge < -0.3 is 10.1 Å². The van der Waals surface area contributed by atoms with E-state index in [-0.39, 0.29) is 22.6 Å². The Hall–Kier alpha value is -3.74. The van der Waals surface area contributed by atoms with Crippen LogP contribution < -0.4 is 5.32 Å². The first kappa shape index (κ1) is 17.7.